The van der Waals surface area contributed by atoms with Crippen LogP contribution < -0.4 is 0 Å². The Labute approximate surface area is 284 Å². The Morgan fingerprint density at radius 1 is 0.306 bits per heavy atom. The molecule has 49 heavy (non-hydrogen) atoms. The van der Waals surface area contributed by atoms with Crippen molar-refractivity contribution < 1.29 is 4.42 Å². The van der Waals surface area contributed by atoms with Crippen LogP contribution in [0.25, 0.3) is 89.5 Å². The number of rotatable bonds is 6. The SMILES string of the molecule is c1ccc(-c2cccc(-c3nc(-c4cccc(-c5ccccc5)c4)nc(-c4ccc5oc6c(-c7ccccc7)cccc6c5c4)n3)c2)cc1. The predicted molar refractivity (Wildman–Crippen MR) is 200 cm³/mol. The summed E-state index contributed by atoms with van der Waals surface area (Å²) in [5.41, 5.74) is 11.1. The average molecular weight is 628 g/mol. The molecule has 2 heterocycles. The van der Waals surface area contributed by atoms with Crippen molar-refractivity contribution in [1.29, 1.82) is 0 Å². The number of hydrogen-bond donors (Lipinski definition) is 0. The number of furan rings is 1. The second-order valence-corrected chi connectivity index (χ2v) is 12.1. The Hall–Kier alpha value is -6.65. The lowest BCUT2D eigenvalue weighted by Gasteiger charge is -2.11. The fraction of sp³-hybridized carbons (Fsp3) is 0. The summed E-state index contributed by atoms with van der Waals surface area (Å²) in [7, 11) is 0. The highest BCUT2D eigenvalue weighted by molar-refractivity contribution is 6.10. The van der Waals surface area contributed by atoms with Gasteiger partial charge in [-0.25, -0.2) is 15.0 Å². The van der Waals surface area contributed by atoms with Gasteiger partial charge >= 0.3 is 0 Å². The van der Waals surface area contributed by atoms with Crippen molar-refractivity contribution in [2.45, 2.75) is 0 Å². The largest absolute Gasteiger partial charge is 0.455 e. The molecule has 0 saturated heterocycles. The van der Waals surface area contributed by atoms with Crippen LogP contribution in [-0.2, 0) is 0 Å². The van der Waals surface area contributed by atoms with Crippen LogP contribution in [0.2, 0.25) is 0 Å². The van der Waals surface area contributed by atoms with Crippen molar-refractivity contribution in [2.75, 3.05) is 0 Å². The maximum absolute atomic E-state index is 6.47. The van der Waals surface area contributed by atoms with E-state index in [1.807, 2.05) is 30.3 Å². The van der Waals surface area contributed by atoms with E-state index in [2.05, 4.69) is 146 Å². The average Bonchev–Trinajstić information content (AvgIpc) is 3.57. The molecule has 4 heteroatoms. The molecule has 0 aliphatic rings. The van der Waals surface area contributed by atoms with Crippen LogP contribution in [0, 0.1) is 0 Å². The Morgan fingerprint density at radius 3 is 1.31 bits per heavy atom. The van der Waals surface area contributed by atoms with Crippen LogP contribution in [0.15, 0.2) is 180 Å². The Balaban J connectivity index is 1.21. The van der Waals surface area contributed by atoms with Gasteiger partial charge in [0.2, 0.25) is 0 Å². The van der Waals surface area contributed by atoms with E-state index in [1.165, 1.54) is 0 Å². The Morgan fingerprint density at radius 2 is 0.755 bits per heavy atom. The first kappa shape index (κ1) is 28.6. The first-order valence-electron chi connectivity index (χ1n) is 16.4. The highest BCUT2D eigenvalue weighted by Gasteiger charge is 2.17. The van der Waals surface area contributed by atoms with Crippen LogP contribution in [-0.4, -0.2) is 15.0 Å². The monoisotopic (exact) mass is 627 g/mol. The molecule has 0 atom stereocenters. The number of benzene rings is 7. The topological polar surface area (TPSA) is 51.8 Å². The van der Waals surface area contributed by atoms with E-state index < -0.39 is 0 Å². The third-order valence-electron chi connectivity index (χ3n) is 8.93. The highest BCUT2D eigenvalue weighted by atomic mass is 16.3. The standard InChI is InChI=1S/C45H29N3O/c1-4-13-30(14-5-1)33-19-10-21-35(27-33)43-46-44(36-22-11-20-34(28-36)31-15-6-2-7-16-31)48-45(47-43)37-25-26-41-40(29-37)39-24-12-23-38(42(39)49-41)32-17-8-3-9-18-32/h1-29H. The van der Waals surface area contributed by atoms with Crippen molar-refractivity contribution in [1.82, 2.24) is 15.0 Å². The molecule has 0 aliphatic heterocycles. The third-order valence-corrected chi connectivity index (χ3v) is 8.93. The fourth-order valence-electron chi connectivity index (χ4n) is 6.48. The van der Waals surface area contributed by atoms with E-state index in [9.17, 15) is 0 Å². The van der Waals surface area contributed by atoms with Crippen molar-refractivity contribution in [3.63, 3.8) is 0 Å². The highest BCUT2D eigenvalue weighted by Crippen LogP contribution is 2.38. The normalized spacial score (nSPS) is 11.3. The zero-order valence-electron chi connectivity index (χ0n) is 26.5. The number of para-hydroxylation sites is 1. The first-order chi connectivity index (χ1) is 24.3. The Bertz CT molecular complexity index is 2490. The number of hydrogen-bond acceptors (Lipinski definition) is 4. The van der Waals surface area contributed by atoms with Gasteiger partial charge in [0, 0.05) is 33.0 Å². The molecule has 4 nitrogen and oxygen atoms in total. The quantitative estimate of drug-likeness (QED) is 0.184. The molecule has 0 spiro atoms. The summed E-state index contributed by atoms with van der Waals surface area (Å²) < 4.78 is 6.47. The van der Waals surface area contributed by atoms with E-state index in [1.54, 1.807) is 0 Å². The summed E-state index contributed by atoms with van der Waals surface area (Å²) in [4.78, 5) is 15.3. The minimum atomic E-state index is 0.602. The molecule has 0 amide bonds. The van der Waals surface area contributed by atoms with Crippen LogP contribution in [0.4, 0.5) is 0 Å². The van der Waals surface area contributed by atoms with Crippen molar-refractivity contribution in [3.05, 3.63) is 176 Å². The second kappa shape index (κ2) is 12.2. The summed E-state index contributed by atoms with van der Waals surface area (Å²) in [5, 5.41) is 2.07. The van der Waals surface area contributed by atoms with Crippen LogP contribution in [0.1, 0.15) is 0 Å². The van der Waals surface area contributed by atoms with Crippen LogP contribution in [0.5, 0.6) is 0 Å². The van der Waals surface area contributed by atoms with Gasteiger partial charge in [0.1, 0.15) is 11.2 Å². The zero-order chi connectivity index (χ0) is 32.6. The summed E-state index contributed by atoms with van der Waals surface area (Å²) in [6, 6.07) is 60.4. The van der Waals surface area contributed by atoms with Gasteiger partial charge in [-0.05, 0) is 58.1 Å². The van der Waals surface area contributed by atoms with Crippen molar-refractivity contribution in [3.8, 4) is 67.5 Å². The number of nitrogens with zero attached hydrogens (tertiary/aromatic N) is 3. The molecular formula is C45H29N3O. The minimum Gasteiger partial charge on any atom is -0.455 e. The van der Waals surface area contributed by atoms with E-state index >= 15 is 0 Å². The van der Waals surface area contributed by atoms with Gasteiger partial charge in [-0.15, -0.1) is 0 Å². The van der Waals surface area contributed by atoms with E-state index in [0.717, 1.165) is 72.0 Å². The number of fused-ring (bicyclic) bond motifs is 3. The zero-order valence-corrected chi connectivity index (χ0v) is 26.5. The first-order valence-corrected chi connectivity index (χ1v) is 16.4. The van der Waals surface area contributed by atoms with Gasteiger partial charge in [-0.1, -0.05) is 146 Å². The molecule has 230 valence electrons. The lowest BCUT2D eigenvalue weighted by atomic mass is 10.0. The Kier molecular flexibility index (Phi) is 7.10. The summed E-state index contributed by atoms with van der Waals surface area (Å²) in [5.74, 6) is 1.84. The summed E-state index contributed by atoms with van der Waals surface area (Å²) >= 11 is 0. The molecular weight excluding hydrogens is 599 g/mol. The van der Waals surface area contributed by atoms with Gasteiger partial charge < -0.3 is 4.42 Å². The number of aromatic nitrogens is 3. The smallest absolute Gasteiger partial charge is 0.164 e. The molecule has 0 radical (unpaired) electrons. The molecule has 0 bridgehead atoms. The predicted octanol–water partition coefficient (Wildman–Crippen LogP) is 11.8. The molecule has 0 unspecified atom stereocenters. The van der Waals surface area contributed by atoms with Crippen molar-refractivity contribution >= 4 is 21.9 Å². The summed E-state index contributed by atoms with van der Waals surface area (Å²) in [6.45, 7) is 0. The van der Waals surface area contributed by atoms with Crippen molar-refractivity contribution in [2.24, 2.45) is 0 Å². The van der Waals surface area contributed by atoms with Gasteiger partial charge in [0.05, 0.1) is 0 Å². The molecule has 0 aliphatic carbocycles. The molecule has 9 rings (SSSR count). The van der Waals surface area contributed by atoms with E-state index in [-0.39, 0.29) is 0 Å². The van der Waals surface area contributed by atoms with E-state index in [4.69, 9.17) is 19.4 Å². The maximum atomic E-state index is 6.47. The summed E-state index contributed by atoms with van der Waals surface area (Å²) in [6.07, 6.45) is 0. The second-order valence-electron chi connectivity index (χ2n) is 12.1. The van der Waals surface area contributed by atoms with Gasteiger partial charge in [0.15, 0.2) is 17.5 Å². The van der Waals surface area contributed by atoms with Gasteiger partial charge in [-0.2, -0.15) is 0 Å². The van der Waals surface area contributed by atoms with Gasteiger partial charge in [0.25, 0.3) is 0 Å². The lowest BCUT2D eigenvalue weighted by molar-refractivity contribution is 0.670. The minimum absolute atomic E-state index is 0.602. The molecule has 7 aromatic carbocycles. The molecule has 0 saturated carbocycles. The lowest BCUT2D eigenvalue weighted by Crippen LogP contribution is -2.00. The molecule has 0 fully saturated rings. The van der Waals surface area contributed by atoms with Crippen LogP contribution in [0.3, 0.4) is 0 Å². The third kappa shape index (κ3) is 5.45. The molecule has 9 aromatic rings. The maximum Gasteiger partial charge on any atom is 0.164 e. The van der Waals surface area contributed by atoms with E-state index in [0.29, 0.717) is 17.5 Å². The molecule has 0 N–H and O–H groups in total. The molecule has 2 aromatic heterocycles. The fourth-order valence-corrected chi connectivity index (χ4v) is 6.48. The van der Waals surface area contributed by atoms with Crippen LogP contribution >= 0.6 is 0 Å². The van der Waals surface area contributed by atoms with Gasteiger partial charge in [-0.3, -0.25) is 0 Å².